The smallest absolute Gasteiger partial charge is 0.327 e. The first-order valence-corrected chi connectivity index (χ1v) is 36.7. The molecule has 13 atom stereocenters. The summed E-state index contributed by atoms with van der Waals surface area (Å²) in [5.41, 5.74) is 21.8. The van der Waals surface area contributed by atoms with Crippen molar-refractivity contribution in [2.75, 3.05) is 30.4 Å². The number of anilines is 1. The fourth-order valence-electron chi connectivity index (χ4n) is 11.5. The molecule has 0 bridgehead atoms. The number of hydrogen-bond acceptors (Lipinski definition) is 21. The first-order chi connectivity index (χ1) is 50.9. The van der Waals surface area contributed by atoms with Crippen molar-refractivity contribution < 1.29 is 73.2 Å². The molecule has 1 aliphatic heterocycles. The molecule has 106 heavy (non-hydrogen) atoms. The minimum Gasteiger partial charge on any atom is -0.480 e. The van der Waals surface area contributed by atoms with E-state index in [0.29, 0.717) is 62.9 Å². The third-order valence-corrected chi connectivity index (χ3v) is 19.8. The van der Waals surface area contributed by atoms with Crippen molar-refractivity contribution in [3.63, 3.8) is 0 Å². The maximum Gasteiger partial charge on any atom is 0.327 e. The number of para-hydroxylation sites is 1. The van der Waals surface area contributed by atoms with Crippen LogP contribution < -0.4 is 70.4 Å². The van der Waals surface area contributed by atoms with Gasteiger partial charge in [0.25, 0.3) is 0 Å². The summed E-state index contributed by atoms with van der Waals surface area (Å²) in [4.78, 5) is 167. The number of hydrogen-bond donors (Lipinski definition) is 19. The number of fused-ring (bicyclic) bond motifs is 1. The quantitative estimate of drug-likeness (QED) is 0.0327. The summed E-state index contributed by atoms with van der Waals surface area (Å²) in [6.45, 7) is 1.40. The summed E-state index contributed by atoms with van der Waals surface area (Å²) in [5, 5.41) is 76.2. The van der Waals surface area contributed by atoms with E-state index < -0.39 is 150 Å². The SMILES string of the molecule is C[C@@H](O)[C@@H]1NC(=O)C(Cc2ccccc2)NC(=O)[C@H]([C@@H](C)O)NC(=O)C(Cc2ccc(-c3nc(N)n[nH]3)cc2)NC(=O)[C@@H](Cc2c[nH]c3ccccc23)NC(=O)C(Cc2ccccc2)NC(=O)[C@H](Cc2ccccc2)NC(=O)[C@H](CCCCN)NC(=O)[C@@H](N)CSSC[C@@H](C(=O)O)NC(=O)C(CO)NC1=O. The number of nitrogens with one attached hydrogen (secondary N) is 12. The molecule has 4 unspecified atom stereocenters. The number of rotatable bonds is 19. The van der Waals surface area contributed by atoms with Crippen LogP contribution in [0, 0.1) is 0 Å². The van der Waals surface area contributed by atoms with E-state index in [4.69, 9.17) is 17.2 Å². The summed E-state index contributed by atoms with van der Waals surface area (Å²) in [6, 6.07) is 21.1. The summed E-state index contributed by atoms with van der Waals surface area (Å²) < 4.78 is 0. The number of unbranched alkanes of at least 4 members (excludes halogenated alkanes) is 1. The van der Waals surface area contributed by atoms with Gasteiger partial charge in [0.15, 0.2) is 5.82 Å². The Labute approximate surface area is 617 Å². The van der Waals surface area contributed by atoms with Gasteiger partial charge in [-0.05, 0) is 73.5 Å². The van der Waals surface area contributed by atoms with Crippen LogP contribution in [0.25, 0.3) is 22.3 Å². The van der Waals surface area contributed by atoms with Crippen LogP contribution in [0.4, 0.5) is 5.95 Å². The van der Waals surface area contributed by atoms with Crippen LogP contribution in [0.5, 0.6) is 0 Å². The standard InChI is InChI=1S/C72H89N17O15S2/c1-39(91)58-69(101)82-54(32-43-20-10-5-11-21-43)67(99)86-59(40(2)92)70(102)83-56(36-90)68(100)84-57(71(103)104)38-106-105-37-48(74)61(93)77-50(24-14-15-29-73)62(94)78-51(30-41-16-6-3-7-17-41)63(95)79-52(31-42-18-8-4-9-19-42)64(96)81-55(34-46-35-76-49-23-13-12-22-47(46)49)65(97)80-53(66(98)85-58)33-44-25-27-45(28-26-44)60-87-72(75)89-88-60/h3-13,16-23,25-28,35,39-40,48,50-59,76,90-92H,14-15,24,29-34,36-38,73-74H2,1-2H3,(H,77,93)(H,78,94)(H,79,95)(H,80,97)(H,81,96)(H,82,101)(H,83,102)(H,84,100)(H,85,98)(H,86,99)(H,103,104)(H3,75,87,88,89)/t39-,40-,48+,50+,51+,52?,53?,54?,55-,56?,57+,58+,59+/m1/s1. The Hall–Kier alpha value is -10.7. The molecular weight excluding hydrogens is 1410 g/mol. The molecule has 10 amide bonds. The molecule has 5 aromatic carbocycles. The number of amides is 10. The van der Waals surface area contributed by atoms with E-state index in [1.165, 1.54) is 6.92 Å². The first kappa shape index (κ1) is 80.9. The highest BCUT2D eigenvalue weighted by molar-refractivity contribution is 8.76. The minimum atomic E-state index is -1.93. The average molecular weight is 1500 g/mol. The molecule has 1 saturated heterocycles. The number of aromatic amines is 2. The molecule has 8 rings (SSSR count). The average Bonchev–Trinajstić information content (AvgIpc) is 1.61. The fraction of sp³-hybridized carbons (Fsp3) is 0.375. The van der Waals surface area contributed by atoms with Crippen LogP contribution in [-0.4, -0.2) is 209 Å². The summed E-state index contributed by atoms with van der Waals surface area (Å²) in [7, 11) is 1.82. The number of carboxylic acids is 1. The predicted molar refractivity (Wildman–Crippen MR) is 396 cm³/mol. The molecule has 0 aliphatic carbocycles. The third kappa shape index (κ3) is 23.9. The van der Waals surface area contributed by atoms with Crippen LogP contribution in [0.2, 0.25) is 0 Å². The zero-order chi connectivity index (χ0) is 76.4. The van der Waals surface area contributed by atoms with Crippen molar-refractivity contribution in [1.29, 1.82) is 0 Å². The van der Waals surface area contributed by atoms with Crippen LogP contribution >= 0.6 is 21.6 Å². The number of nitrogen functional groups attached to an aromatic ring is 1. The van der Waals surface area contributed by atoms with E-state index in [2.05, 4.69) is 73.3 Å². The van der Waals surface area contributed by atoms with Gasteiger partial charge in [0, 0.05) is 66.3 Å². The summed E-state index contributed by atoms with van der Waals surface area (Å²) >= 11 is 0. The molecule has 32 nitrogen and oxygen atoms in total. The van der Waals surface area contributed by atoms with Crippen molar-refractivity contribution >= 4 is 103 Å². The van der Waals surface area contributed by atoms with Crippen LogP contribution in [0.3, 0.4) is 0 Å². The van der Waals surface area contributed by atoms with Gasteiger partial charge in [-0.3, -0.25) is 53.0 Å². The molecule has 564 valence electrons. The van der Waals surface area contributed by atoms with E-state index in [1.54, 1.807) is 146 Å². The highest BCUT2D eigenvalue weighted by Crippen LogP contribution is 2.24. The Morgan fingerprint density at radius 3 is 1.35 bits per heavy atom. The van der Waals surface area contributed by atoms with Gasteiger partial charge in [-0.15, -0.1) is 5.10 Å². The fourth-order valence-corrected chi connectivity index (χ4v) is 13.8. The Morgan fingerprint density at radius 2 is 0.896 bits per heavy atom. The molecule has 2 aromatic heterocycles. The van der Waals surface area contributed by atoms with Gasteiger partial charge >= 0.3 is 5.97 Å². The van der Waals surface area contributed by atoms with Crippen molar-refractivity contribution in [3.8, 4) is 11.4 Å². The highest BCUT2D eigenvalue weighted by atomic mass is 33.1. The van der Waals surface area contributed by atoms with E-state index in [-0.39, 0.29) is 62.5 Å². The number of nitrogens with zero attached hydrogens (tertiary/aromatic N) is 2. The van der Waals surface area contributed by atoms with Crippen molar-refractivity contribution in [3.05, 3.63) is 174 Å². The van der Waals surface area contributed by atoms with Crippen molar-refractivity contribution in [1.82, 2.24) is 73.3 Å². The Kier molecular flexibility index (Phi) is 30.5. The van der Waals surface area contributed by atoms with Gasteiger partial charge in [0.1, 0.15) is 60.4 Å². The number of aliphatic hydroxyl groups is 3. The van der Waals surface area contributed by atoms with E-state index in [9.17, 15) is 54.0 Å². The molecular formula is C72H89N17O15S2. The van der Waals surface area contributed by atoms with Gasteiger partial charge in [0.2, 0.25) is 65.0 Å². The van der Waals surface area contributed by atoms with Crippen LogP contribution in [0.1, 0.15) is 60.9 Å². The maximum atomic E-state index is 15.5. The number of aliphatic hydroxyl groups excluding tert-OH is 3. The third-order valence-electron chi connectivity index (χ3n) is 17.3. The topological polar surface area (TPSA) is 524 Å². The second-order valence-corrected chi connectivity index (χ2v) is 28.1. The summed E-state index contributed by atoms with van der Waals surface area (Å²) in [6.07, 6.45) is -2.28. The first-order valence-electron chi connectivity index (χ1n) is 34.3. The van der Waals surface area contributed by atoms with E-state index in [0.717, 1.165) is 28.5 Å². The second kappa shape index (κ2) is 39.9. The highest BCUT2D eigenvalue weighted by Gasteiger charge is 2.39. The largest absolute Gasteiger partial charge is 0.480 e. The van der Waals surface area contributed by atoms with Crippen molar-refractivity contribution in [2.24, 2.45) is 11.5 Å². The number of aromatic nitrogens is 4. The Balaban J connectivity index is 1.20. The molecule has 0 radical (unpaired) electrons. The Bertz CT molecular complexity index is 4140. The number of carboxylic acid groups (broad SMARTS) is 1. The van der Waals surface area contributed by atoms with Gasteiger partial charge in [-0.25, -0.2) is 4.79 Å². The van der Waals surface area contributed by atoms with E-state index in [1.807, 2.05) is 0 Å². The number of nitrogens with two attached hydrogens (primary N) is 3. The lowest BCUT2D eigenvalue weighted by Gasteiger charge is -2.29. The number of aliphatic carboxylic acids is 1. The monoisotopic (exact) mass is 1500 g/mol. The molecule has 0 spiro atoms. The molecule has 3 heterocycles. The molecule has 0 saturated carbocycles. The molecule has 1 aliphatic rings. The Morgan fingerprint density at radius 1 is 0.491 bits per heavy atom. The number of carbonyl (C=O) groups is 11. The lowest BCUT2D eigenvalue weighted by atomic mass is 9.99. The second-order valence-electron chi connectivity index (χ2n) is 25.5. The van der Waals surface area contributed by atoms with Crippen LogP contribution in [-0.2, 0) is 84.8 Å². The lowest BCUT2D eigenvalue weighted by molar-refractivity contribution is -0.142. The number of benzene rings is 5. The van der Waals surface area contributed by atoms with Gasteiger partial charge < -0.3 is 95.8 Å². The molecule has 34 heteroatoms. The van der Waals surface area contributed by atoms with Crippen molar-refractivity contribution in [2.45, 2.75) is 144 Å². The van der Waals surface area contributed by atoms with Gasteiger partial charge in [0.05, 0.1) is 24.9 Å². The van der Waals surface area contributed by atoms with Crippen LogP contribution in [0.15, 0.2) is 146 Å². The minimum absolute atomic E-state index is 0.0195. The zero-order valence-corrected chi connectivity index (χ0v) is 59.7. The predicted octanol–water partition coefficient (Wildman–Crippen LogP) is -1.41. The number of carbonyl (C=O) groups excluding carboxylic acids is 10. The molecule has 22 N–H and O–H groups in total. The van der Waals surface area contributed by atoms with Gasteiger partial charge in [-0.2, -0.15) is 4.98 Å². The number of H-pyrrole nitrogens is 2. The van der Waals surface area contributed by atoms with Gasteiger partial charge in [-0.1, -0.05) is 155 Å². The molecule has 7 aromatic rings. The zero-order valence-electron chi connectivity index (χ0n) is 58.1. The molecule has 1 fully saturated rings. The van der Waals surface area contributed by atoms with E-state index >= 15 is 19.2 Å². The lowest BCUT2D eigenvalue weighted by Crippen LogP contribution is -2.63. The maximum absolute atomic E-state index is 15.5. The normalized spacial score (nSPS) is 23.6. The summed E-state index contributed by atoms with van der Waals surface area (Å²) in [5.74, 6) is -11.9.